The Bertz CT molecular complexity index is 903. The third kappa shape index (κ3) is 3.77. The maximum absolute atomic E-state index is 11.5. The minimum absolute atomic E-state index is 0.361. The van der Waals surface area contributed by atoms with Crippen LogP contribution < -0.4 is 9.47 Å². The minimum atomic E-state index is -0.368. The first-order chi connectivity index (χ1) is 12.1. The van der Waals surface area contributed by atoms with Crippen molar-refractivity contribution in [2.75, 3.05) is 14.2 Å². The second-order valence-electron chi connectivity index (χ2n) is 5.42. The van der Waals surface area contributed by atoms with E-state index in [1.807, 2.05) is 24.3 Å². The highest BCUT2D eigenvalue weighted by Crippen LogP contribution is 2.31. The van der Waals surface area contributed by atoms with Gasteiger partial charge in [0.15, 0.2) is 0 Å². The molecule has 3 rings (SSSR count). The lowest BCUT2D eigenvalue weighted by molar-refractivity contribution is 0.0600. The molecular weight excluding hydrogens is 384 g/mol. The number of ether oxygens (including phenoxy) is 3. The Hall–Kier alpha value is -2.53. The molecule has 3 aromatic rings. The van der Waals surface area contributed by atoms with Crippen LogP contribution >= 0.6 is 15.9 Å². The van der Waals surface area contributed by atoms with Crippen LogP contribution in [0.1, 0.15) is 15.9 Å². The van der Waals surface area contributed by atoms with Crippen molar-refractivity contribution in [3.63, 3.8) is 0 Å². The highest BCUT2D eigenvalue weighted by molar-refractivity contribution is 9.10. The number of esters is 1. The fourth-order valence-electron chi connectivity index (χ4n) is 2.65. The molecule has 0 amide bonds. The van der Waals surface area contributed by atoms with E-state index in [0.29, 0.717) is 17.9 Å². The molecule has 4 nitrogen and oxygen atoms in total. The molecule has 0 aromatic heterocycles. The van der Waals surface area contributed by atoms with Crippen molar-refractivity contribution in [1.82, 2.24) is 0 Å². The molecule has 3 aromatic carbocycles. The van der Waals surface area contributed by atoms with Crippen LogP contribution in [0.5, 0.6) is 11.5 Å². The Kier molecular flexibility index (Phi) is 5.24. The quantitative estimate of drug-likeness (QED) is 0.566. The average Bonchev–Trinajstić information content (AvgIpc) is 2.65. The molecule has 5 heteroatoms. The molecule has 0 aliphatic carbocycles. The number of rotatable bonds is 5. The summed E-state index contributed by atoms with van der Waals surface area (Å²) in [4.78, 5) is 11.5. The van der Waals surface area contributed by atoms with Crippen LogP contribution in [0.2, 0.25) is 0 Å². The van der Waals surface area contributed by atoms with Crippen molar-refractivity contribution in [2.45, 2.75) is 6.61 Å². The van der Waals surface area contributed by atoms with Crippen LogP contribution in [0.15, 0.2) is 59.1 Å². The summed E-state index contributed by atoms with van der Waals surface area (Å²) in [5, 5.41) is 2.18. The van der Waals surface area contributed by atoms with E-state index in [2.05, 4.69) is 22.0 Å². The lowest BCUT2D eigenvalue weighted by atomic mass is 10.0. The predicted molar refractivity (Wildman–Crippen MR) is 100 cm³/mol. The topological polar surface area (TPSA) is 44.8 Å². The van der Waals surface area contributed by atoms with Crippen molar-refractivity contribution < 1.29 is 19.0 Å². The van der Waals surface area contributed by atoms with Crippen molar-refractivity contribution >= 4 is 32.7 Å². The van der Waals surface area contributed by atoms with Gasteiger partial charge in [0, 0.05) is 10.0 Å². The monoisotopic (exact) mass is 400 g/mol. The number of halogens is 1. The summed E-state index contributed by atoms with van der Waals surface area (Å²) in [6.07, 6.45) is 0. The van der Waals surface area contributed by atoms with Gasteiger partial charge in [-0.1, -0.05) is 28.1 Å². The fourth-order valence-corrected chi connectivity index (χ4v) is 3.02. The zero-order valence-corrected chi connectivity index (χ0v) is 15.5. The van der Waals surface area contributed by atoms with Crippen LogP contribution in [0.4, 0.5) is 0 Å². The van der Waals surface area contributed by atoms with Gasteiger partial charge >= 0.3 is 5.97 Å². The molecule has 0 radical (unpaired) electrons. The summed E-state index contributed by atoms with van der Waals surface area (Å²) in [6, 6.07) is 16.9. The number of benzene rings is 3. The summed E-state index contributed by atoms with van der Waals surface area (Å²) < 4.78 is 17.1. The van der Waals surface area contributed by atoms with Crippen LogP contribution in [0, 0.1) is 0 Å². The van der Waals surface area contributed by atoms with Gasteiger partial charge in [-0.3, -0.25) is 0 Å². The van der Waals surface area contributed by atoms with E-state index >= 15 is 0 Å². The van der Waals surface area contributed by atoms with Gasteiger partial charge in [-0.05, 0) is 53.2 Å². The van der Waals surface area contributed by atoms with E-state index in [1.165, 1.54) is 7.11 Å². The third-order valence-electron chi connectivity index (χ3n) is 3.93. The highest BCUT2D eigenvalue weighted by atomic mass is 79.9. The van der Waals surface area contributed by atoms with Crippen LogP contribution in [-0.2, 0) is 11.3 Å². The molecule has 0 N–H and O–H groups in total. The summed E-state index contributed by atoms with van der Waals surface area (Å²) in [6.45, 7) is 0.361. The molecule has 0 aliphatic heterocycles. The number of carbonyl (C=O) groups excluding carboxylic acids is 1. The SMILES string of the molecule is COC(=O)c1ccc(OCc2c(OC)ccc3cc(Br)ccc23)cc1. The number of hydrogen-bond donors (Lipinski definition) is 0. The van der Waals surface area contributed by atoms with Gasteiger partial charge in [0.05, 0.1) is 19.8 Å². The summed E-state index contributed by atoms with van der Waals surface area (Å²) in [7, 11) is 3.01. The standard InChI is InChI=1S/C20H17BrO4/c1-23-19-10-5-14-11-15(21)6-9-17(14)18(19)12-25-16-7-3-13(4-8-16)20(22)24-2/h3-11H,12H2,1-2H3. The average molecular weight is 401 g/mol. The van der Waals surface area contributed by atoms with Gasteiger partial charge in [-0.25, -0.2) is 4.79 Å². The molecule has 0 aliphatic rings. The van der Waals surface area contributed by atoms with E-state index in [0.717, 1.165) is 26.6 Å². The van der Waals surface area contributed by atoms with Crippen molar-refractivity contribution in [3.8, 4) is 11.5 Å². The smallest absolute Gasteiger partial charge is 0.337 e. The number of hydrogen-bond acceptors (Lipinski definition) is 4. The van der Waals surface area contributed by atoms with Crippen LogP contribution in [0.25, 0.3) is 10.8 Å². The first-order valence-electron chi connectivity index (χ1n) is 7.68. The molecule has 0 atom stereocenters. The first kappa shape index (κ1) is 17.3. The van der Waals surface area contributed by atoms with Gasteiger partial charge < -0.3 is 14.2 Å². The predicted octanol–water partition coefficient (Wildman–Crippen LogP) is 4.98. The molecular formula is C20H17BrO4. The zero-order chi connectivity index (χ0) is 17.8. The van der Waals surface area contributed by atoms with Crippen LogP contribution in [-0.4, -0.2) is 20.2 Å². The Morgan fingerprint density at radius 2 is 1.76 bits per heavy atom. The second-order valence-corrected chi connectivity index (χ2v) is 6.33. The van der Waals surface area contributed by atoms with Gasteiger partial charge in [0.25, 0.3) is 0 Å². The van der Waals surface area contributed by atoms with Gasteiger partial charge in [-0.15, -0.1) is 0 Å². The Balaban J connectivity index is 1.86. The summed E-state index contributed by atoms with van der Waals surface area (Å²) in [5.41, 5.74) is 1.46. The summed E-state index contributed by atoms with van der Waals surface area (Å²) >= 11 is 3.49. The molecule has 0 spiro atoms. The molecule has 0 fully saturated rings. The number of fused-ring (bicyclic) bond motifs is 1. The number of carbonyl (C=O) groups is 1. The Morgan fingerprint density at radius 1 is 1.00 bits per heavy atom. The minimum Gasteiger partial charge on any atom is -0.496 e. The van der Waals surface area contributed by atoms with Gasteiger partial charge in [0.1, 0.15) is 18.1 Å². The number of methoxy groups -OCH3 is 2. The van der Waals surface area contributed by atoms with E-state index < -0.39 is 0 Å². The molecule has 128 valence electrons. The molecule has 0 heterocycles. The van der Waals surface area contributed by atoms with E-state index in [-0.39, 0.29) is 5.97 Å². The van der Waals surface area contributed by atoms with Crippen molar-refractivity contribution in [2.24, 2.45) is 0 Å². The van der Waals surface area contributed by atoms with E-state index in [9.17, 15) is 4.79 Å². The van der Waals surface area contributed by atoms with E-state index in [4.69, 9.17) is 14.2 Å². The van der Waals surface area contributed by atoms with Gasteiger partial charge in [-0.2, -0.15) is 0 Å². The molecule has 0 unspecified atom stereocenters. The molecule has 0 bridgehead atoms. The van der Waals surface area contributed by atoms with Crippen molar-refractivity contribution in [1.29, 1.82) is 0 Å². The van der Waals surface area contributed by atoms with Gasteiger partial charge in [0.2, 0.25) is 0 Å². The lowest BCUT2D eigenvalue weighted by Gasteiger charge is -2.14. The Morgan fingerprint density at radius 3 is 2.44 bits per heavy atom. The largest absolute Gasteiger partial charge is 0.496 e. The summed E-state index contributed by atoms with van der Waals surface area (Å²) in [5.74, 6) is 1.08. The lowest BCUT2D eigenvalue weighted by Crippen LogP contribution is -2.02. The third-order valence-corrected chi connectivity index (χ3v) is 4.42. The zero-order valence-electron chi connectivity index (χ0n) is 13.9. The van der Waals surface area contributed by atoms with Crippen molar-refractivity contribution in [3.05, 3.63) is 70.2 Å². The fraction of sp³-hybridized carbons (Fsp3) is 0.150. The maximum atomic E-state index is 11.5. The normalized spacial score (nSPS) is 10.5. The maximum Gasteiger partial charge on any atom is 0.337 e. The first-order valence-corrected chi connectivity index (χ1v) is 8.48. The van der Waals surface area contributed by atoms with E-state index in [1.54, 1.807) is 31.4 Å². The molecule has 0 saturated carbocycles. The van der Waals surface area contributed by atoms with Crippen LogP contribution in [0.3, 0.4) is 0 Å². The molecule has 25 heavy (non-hydrogen) atoms. The second kappa shape index (κ2) is 7.57. The molecule has 0 saturated heterocycles. The highest BCUT2D eigenvalue weighted by Gasteiger charge is 2.10. The Labute approximate surface area is 154 Å².